The predicted molar refractivity (Wildman–Crippen MR) is 107 cm³/mol. The van der Waals surface area contributed by atoms with Crippen molar-refractivity contribution in [1.29, 1.82) is 0 Å². The molecular weight excluding hydrogens is 412 g/mol. The van der Waals surface area contributed by atoms with Gasteiger partial charge in [0.25, 0.3) is 11.8 Å². The van der Waals surface area contributed by atoms with E-state index in [0.717, 1.165) is 29.2 Å². The molecule has 0 saturated carbocycles. The summed E-state index contributed by atoms with van der Waals surface area (Å²) >= 11 is 0. The number of carbonyl (C=O) groups is 2. The summed E-state index contributed by atoms with van der Waals surface area (Å²) in [6.45, 7) is 0. The predicted octanol–water partition coefficient (Wildman–Crippen LogP) is 5.24. The SMILES string of the molecule is O=C1C(Nc2cccc(C(F)(F)F)c2)=C(c2ccccc2)C(=O)N1c1ccc(F)cc1. The van der Waals surface area contributed by atoms with Crippen LogP contribution in [-0.4, -0.2) is 11.8 Å². The second-order valence-electron chi connectivity index (χ2n) is 6.74. The summed E-state index contributed by atoms with van der Waals surface area (Å²) in [7, 11) is 0. The maximum absolute atomic E-state index is 13.3. The molecule has 3 aromatic rings. The molecule has 4 rings (SSSR count). The Labute approximate surface area is 174 Å². The molecule has 0 unspecified atom stereocenters. The number of imide groups is 1. The number of anilines is 2. The molecule has 0 fully saturated rings. The van der Waals surface area contributed by atoms with Crippen LogP contribution >= 0.6 is 0 Å². The van der Waals surface area contributed by atoms with Crippen molar-refractivity contribution in [3.05, 3.63) is 102 Å². The van der Waals surface area contributed by atoms with E-state index in [1.165, 1.54) is 24.3 Å². The van der Waals surface area contributed by atoms with Gasteiger partial charge in [-0.1, -0.05) is 36.4 Å². The minimum absolute atomic E-state index is 0.000335. The van der Waals surface area contributed by atoms with Crippen molar-refractivity contribution in [2.24, 2.45) is 0 Å². The summed E-state index contributed by atoms with van der Waals surface area (Å²) in [5, 5.41) is 2.69. The maximum atomic E-state index is 13.3. The number of hydrogen-bond donors (Lipinski definition) is 1. The summed E-state index contributed by atoms with van der Waals surface area (Å²) in [5.41, 5.74) is -0.496. The van der Waals surface area contributed by atoms with Crippen molar-refractivity contribution in [2.45, 2.75) is 6.18 Å². The van der Waals surface area contributed by atoms with Gasteiger partial charge in [0.2, 0.25) is 0 Å². The summed E-state index contributed by atoms with van der Waals surface area (Å²) in [6.07, 6.45) is -4.57. The van der Waals surface area contributed by atoms with Crippen molar-refractivity contribution >= 4 is 28.8 Å². The summed E-state index contributed by atoms with van der Waals surface area (Å²) < 4.78 is 52.5. The van der Waals surface area contributed by atoms with Crippen LogP contribution in [0.1, 0.15) is 11.1 Å². The van der Waals surface area contributed by atoms with Crippen LogP contribution in [0, 0.1) is 5.82 Å². The van der Waals surface area contributed by atoms with Crippen LogP contribution in [-0.2, 0) is 15.8 Å². The van der Waals surface area contributed by atoms with Crippen LogP contribution in [0.3, 0.4) is 0 Å². The first-order valence-electron chi connectivity index (χ1n) is 9.14. The molecule has 1 aliphatic rings. The third-order valence-electron chi connectivity index (χ3n) is 4.69. The van der Waals surface area contributed by atoms with Gasteiger partial charge in [-0.2, -0.15) is 13.2 Å². The molecule has 156 valence electrons. The molecule has 1 aliphatic heterocycles. The first-order chi connectivity index (χ1) is 14.8. The van der Waals surface area contributed by atoms with Crippen LogP contribution in [0.2, 0.25) is 0 Å². The highest BCUT2D eigenvalue weighted by atomic mass is 19.4. The van der Waals surface area contributed by atoms with Gasteiger partial charge in [0.15, 0.2) is 0 Å². The van der Waals surface area contributed by atoms with Gasteiger partial charge < -0.3 is 5.32 Å². The lowest BCUT2D eigenvalue weighted by molar-refractivity contribution is -0.137. The largest absolute Gasteiger partial charge is 0.416 e. The summed E-state index contributed by atoms with van der Waals surface area (Å²) in [5.74, 6) is -1.97. The number of benzene rings is 3. The number of nitrogens with one attached hydrogen (secondary N) is 1. The topological polar surface area (TPSA) is 49.4 Å². The molecule has 1 N–H and O–H groups in total. The van der Waals surface area contributed by atoms with E-state index < -0.39 is 29.4 Å². The number of alkyl halides is 3. The van der Waals surface area contributed by atoms with Crippen molar-refractivity contribution < 1.29 is 27.2 Å². The Balaban J connectivity index is 1.80. The van der Waals surface area contributed by atoms with E-state index in [2.05, 4.69) is 5.32 Å². The summed E-state index contributed by atoms with van der Waals surface area (Å²) in [4.78, 5) is 27.2. The van der Waals surface area contributed by atoms with Gasteiger partial charge in [0, 0.05) is 5.69 Å². The molecule has 0 atom stereocenters. The second kappa shape index (κ2) is 7.71. The zero-order valence-corrected chi connectivity index (χ0v) is 15.8. The zero-order valence-electron chi connectivity index (χ0n) is 15.8. The molecule has 0 saturated heterocycles. The Bertz CT molecular complexity index is 1190. The van der Waals surface area contributed by atoms with Crippen molar-refractivity contribution in [1.82, 2.24) is 0 Å². The van der Waals surface area contributed by atoms with Gasteiger partial charge >= 0.3 is 6.18 Å². The third kappa shape index (κ3) is 3.92. The smallest absolute Gasteiger partial charge is 0.350 e. The highest BCUT2D eigenvalue weighted by Gasteiger charge is 2.40. The van der Waals surface area contributed by atoms with Crippen LogP contribution in [0.5, 0.6) is 0 Å². The average molecular weight is 426 g/mol. The molecule has 0 aliphatic carbocycles. The molecule has 0 bridgehead atoms. The lowest BCUT2D eigenvalue weighted by atomic mass is 10.0. The molecular formula is C23H14F4N2O2. The zero-order chi connectivity index (χ0) is 22.2. The summed E-state index contributed by atoms with van der Waals surface area (Å²) in [6, 6.07) is 17.4. The van der Waals surface area contributed by atoms with Gasteiger partial charge in [-0.3, -0.25) is 9.59 Å². The fourth-order valence-corrected chi connectivity index (χ4v) is 3.26. The van der Waals surface area contributed by atoms with Crippen molar-refractivity contribution in [3.8, 4) is 0 Å². The van der Waals surface area contributed by atoms with Crippen LogP contribution in [0.4, 0.5) is 28.9 Å². The highest BCUT2D eigenvalue weighted by Crippen LogP contribution is 2.35. The standard InChI is InChI=1S/C23H14F4N2O2/c24-16-9-11-18(12-10-16)29-21(30)19(14-5-2-1-3-6-14)20(22(29)31)28-17-8-4-7-15(13-17)23(25,26)27/h1-13,28H. The van der Waals surface area contributed by atoms with E-state index in [4.69, 9.17) is 0 Å². The molecule has 2 amide bonds. The minimum Gasteiger partial charge on any atom is -0.350 e. The third-order valence-corrected chi connectivity index (χ3v) is 4.69. The molecule has 0 aromatic heterocycles. The highest BCUT2D eigenvalue weighted by molar-refractivity contribution is 6.46. The number of hydrogen-bond acceptors (Lipinski definition) is 3. The number of amides is 2. The number of carbonyl (C=O) groups excluding carboxylic acids is 2. The fourth-order valence-electron chi connectivity index (χ4n) is 3.26. The van der Waals surface area contributed by atoms with Gasteiger partial charge in [-0.15, -0.1) is 0 Å². The normalized spacial score (nSPS) is 14.4. The van der Waals surface area contributed by atoms with E-state index in [9.17, 15) is 27.2 Å². The quantitative estimate of drug-likeness (QED) is 0.459. The van der Waals surface area contributed by atoms with E-state index >= 15 is 0 Å². The maximum Gasteiger partial charge on any atom is 0.416 e. The first kappa shape index (κ1) is 20.3. The average Bonchev–Trinajstić information content (AvgIpc) is 2.98. The monoisotopic (exact) mass is 426 g/mol. The van der Waals surface area contributed by atoms with Gasteiger partial charge in [0.05, 0.1) is 16.8 Å². The Morgan fingerprint density at radius 2 is 1.45 bits per heavy atom. The fraction of sp³-hybridized carbons (Fsp3) is 0.0435. The van der Waals surface area contributed by atoms with Crippen molar-refractivity contribution in [2.75, 3.05) is 10.2 Å². The Morgan fingerprint density at radius 3 is 2.10 bits per heavy atom. The number of nitrogens with zero attached hydrogens (tertiary/aromatic N) is 1. The number of halogens is 4. The van der Waals surface area contributed by atoms with Gasteiger partial charge in [-0.25, -0.2) is 9.29 Å². The van der Waals surface area contributed by atoms with E-state index in [1.54, 1.807) is 30.3 Å². The first-order valence-corrected chi connectivity index (χ1v) is 9.14. The van der Waals surface area contributed by atoms with Crippen LogP contribution in [0.25, 0.3) is 5.57 Å². The van der Waals surface area contributed by atoms with E-state index in [1.807, 2.05) is 0 Å². The molecule has 31 heavy (non-hydrogen) atoms. The molecule has 4 nitrogen and oxygen atoms in total. The van der Waals surface area contributed by atoms with Gasteiger partial charge in [0.1, 0.15) is 11.5 Å². The Morgan fingerprint density at radius 1 is 0.774 bits per heavy atom. The minimum atomic E-state index is -4.57. The van der Waals surface area contributed by atoms with Gasteiger partial charge in [-0.05, 0) is 48.0 Å². The van der Waals surface area contributed by atoms with Crippen LogP contribution in [0.15, 0.2) is 84.6 Å². The number of rotatable bonds is 4. The lowest BCUT2D eigenvalue weighted by Crippen LogP contribution is -2.32. The molecule has 3 aromatic carbocycles. The second-order valence-corrected chi connectivity index (χ2v) is 6.74. The molecule has 0 spiro atoms. The van der Waals surface area contributed by atoms with Crippen LogP contribution < -0.4 is 10.2 Å². The van der Waals surface area contributed by atoms with E-state index in [-0.39, 0.29) is 22.6 Å². The molecule has 8 heteroatoms. The van der Waals surface area contributed by atoms with Crippen molar-refractivity contribution in [3.63, 3.8) is 0 Å². The molecule has 0 radical (unpaired) electrons. The Kier molecular flexibility index (Phi) is 5.06. The lowest BCUT2D eigenvalue weighted by Gasteiger charge is -2.15. The Hall–Kier alpha value is -3.94. The van der Waals surface area contributed by atoms with E-state index in [0.29, 0.717) is 5.56 Å². The molecule has 1 heterocycles.